The number of halogens is 1. The van der Waals surface area contributed by atoms with Gasteiger partial charge in [-0.15, -0.1) is 0 Å². The van der Waals surface area contributed by atoms with E-state index in [0.29, 0.717) is 5.92 Å². The van der Waals surface area contributed by atoms with Gasteiger partial charge < -0.3 is 15.4 Å². The molecule has 0 amide bonds. The lowest BCUT2D eigenvalue weighted by Gasteiger charge is -2.20. The van der Waals surface area contributed by atoms with Gasteiger partial charge in [0, 0.05) is 30.4 Å². The monoisotopic (exact) mass is 430 g/mol. The second-order valence-corrected chi connectivity index (χ2v) is 6.63. The number of allylic oxidation sites excluding steroid dienone is 1. The Morgan fingerprint density at radius 2 is 1.74 bits per heavy atom. The van der Waals surface area contributed by atoms with Crippen LogP contribution in [0.2, 0.25) is 0 Å². The number of ether oxygens (including phenoxy) is 1. The molecule has 4 heteroatoms. The predicted molar refractivity (Wildman–Crippen MR) is 136 cm³/mol. The lowest BCUT2D eigenvalue weighted by atomic mass is 9.93. The molecule has 1 heterocycles. The molecule has 1 unspecified atom stereocenters. The van der Waals surface area contributed by atoms with E-state index in [1.54, 1.807) is 19.2 Å². The van der Waals surface area contributed by atoms with E-state index in [9.17, 15) is 4.39 Å². The van der Waals surface area contributed by atoms with Crippen molar-refractivity contribution in [1.82, 2.24) is 0 Å². The summed E-state index contributed by atoms with van der Waals surface area (Å²) >= 11 is 0. The van der Waals surface area contributed by atoms with Crippen LogP contribution < -0.4 is 15.4 Å². The first kappa shape index (κ1) is 28.5. The van der Waals surface area contributed by atoms with Crippen molar-refractivity contribution in [3.63, 3.8) is 0 Å². The third-order valence-electron chi connectivity index (χ3n) is 4.81. The topological polar surface area (TPSA) is 33.3 Å². The van der Waals surface area contributed by atoms with Crippen molar-refractivity contribution in [1.29, 1.82) is 0 Å². The van der Waals surface area contributed by atoms with Crippen molar-refractivity contribution in [3.05, 3.63) is 65.6 Å². The van der Waals surface area contributed by atoms with E-state index in [2.05, 4.69) is 36.6 Å². The van der Waals surface area contributed by atoms with E-state index < -0.39 is 0 Å². The highest BCUT2D eigenvalue weighted by atomic mass is 19.1. The van der Waals surface area contributed by atoms with Crippen molar-refractivity contribution in [2.24, 2.45) is 0 Å². The minimum atomic E-state index is -0.158. The fourth-order valence-electron chi connectivity index (χ4n) is 3.19. The van der Waals surface area contributed by atoms with Crippen LogP contribution >= 0.6 is 0 Å². The van der Waals surface area contributed by atoms with Gasteiger partial charge in [0.15, 0.2) is 0 Å². The van der Waals surface area contributed by atoms with E-state index in [0.717, 1.165) is 29.8 Å². The van der Waals surface area contributed by atoms with E-state index in [1.165, 1.54) is 30.2 Å². The van der Waals surface area contributed by atoms with Gasteiger partial charge in [0.05, 0.1) is 7.11 Å². The molecule has 3 nitrogen and oxygen atoms in total. The lowest BCUT2D eigenvalue weighted by Crippen LogP contribution is -2.05. The SMILES string of the molecule is CC.CC.CCC1C=CNc2ccc(F)cc21.CCCCc1ccc(OC)cc1NC. The van der Waals surface area contributed by atoms with Crippen molar-refractivity contribution in [2.75, 3.05) is 24.8 Å². The van der Waals surface area contributed by atoms with Gasteiger partial charge in [0.2, 0.25) is 0 Å². The molecule has 0 spiro atoms. The number of unbranched alkanes of at least 4 members (excludes halogenated alkanes) is 1. The molecule has 31 heavy (non-hydrogen) atoms. The Labute approximate surface area is 190 Å². The summed E-state index contributed by atoms with van der Waals surface area (Å²) in [7, 11) is 3.64. The van der Waals surface area contributed by atoms with Gasteiger partial charge in [0.25, 0.3) is 0 Å². The third kappa shape index (κ3) is 9.46. The number of fused-ring (bicyclic) bond motifs is 1. The lowest BCUT2D eigenvalue weighted by molar-refractivity contribution is 0.415. The van der Waals surface area contributed by atoms with Crippen molar-refractivity contribution in [3.8, 4) is 5.75 Å². The van der Waals surface area contributed by atoms with E-state index in [4.69, 9.17) is 4.74 Å². The Morgan fingerprint density at radius 1 is 1.03 bits per heavy atom. The molecular formula is C27H43FN2O. The Hall–Kier alpha value is -2.49. The number of hydrogen-bond acceptors (Lipinski definition) is 3. The maximum Gasteiger partial charge on any atom is 0.123 e. The number of nitrogens with one attached hydrogen (secondary N) is 2. The molecular weight excluding hydrogens is 387 g/mol. The Morgan fingerprint density at radius 3 is 2.32 bits per heavy atom. The first-order valence-electron chi connectivity index (χ1n) is 11.7. The van der Waals surface area contributed by atoms with Crippen LogP contribution in [-0.2, 0) is 6.42 Å². The number of aryl methyl sites for hydroxylation is 1. The number of rotatable bonds is 6. The second kappa shape index (κ2) is 17.2. The summed E-state index contributed by atoms with van der Waals surface area (Å²) in [5.74, 6) is 1.11. The minimum Gasteiger partial charge on any atom is -0.497 e. The number of hydrogen-bond donors (Lipinski definition) is 2. The normalized spacial score (nSPS) is 13.0. The fourth-order valence-corrected chi connectivity index (χ4v) is 3.19. The first-order valence-corrected chi connectivity index (χ1v) is 11.7. The van der Waals surface area contributed by atoms with E-state index >= 15 is 0 Å². The molecule has 0 aliphatic carbocycles. The molecule has 0 radical (unpaired) electrons. The number of methoxy groups -OCH3 is 1. The zero-order valence-electron chi connectivity index (χ0n) is 20.8. The molecule has 0 fully saturated rings. The van der Waals surface area contributed by atoms with Crippen molar-refractivity contribution < 1.29 is 9.13 Å². The van der Waals surface area contributed by atoms with Gasteiger partial charge >= 0.3 is 0 Å². The van der Waals surface area contributed by atoms with Crippen LogP contribution in [0, 0.1) is 5.82 Å². The first-order chi connectivity index (χ1) is 15.1. The zero-order chi connectivity index (χ0) is 23.6. The smallest absolute Gasteiger partial charge is 0.123 e. The van der Waals surface area contributed by atoms with Crippen LogP contribution in [0.15, 0.2) is 48.7 Å². The minimum absolute atomic E-state index is 0.158. The van der Waals surface area contributed by atoms with Crippen LogP contribution in [0.25, 0.3) is 0 Å². The molecule has 0 saturated heterocycles. The third-order valence-corrected chi connectivity index (χ3v) is 4.81. The highest BCUT2D eigenvalue weighted by Gasteiger charge is 2.14. The zero-order valence-corrected chi connectivity index (χ0v) is 20.8. The van der Waals surface area contributed by atoms with E-state index in [1.807, 2.05) is 53.1 Å². The van der Waals surface area contributed by atoms with Crippen LogP contribution in [0.3, 0.4) is 0 Å². The number of benzene rings is 2. The summed E-state index contributed by atoms with van der Waals surface area (Å²) < 4.78 is 18.1. The van der Waals surface area contributed by atoms with Crippen molar-refractivity contribution in [2.45, 2.75) is 73.1 Å². The standard InChI is InChI=1S/C12H19NO.C11H12FN.2C2H6/c1-4-5-6-10-7-8-11(14-3)9-12(10)13-2;1-2-8-5-6-13-11-4-3-9(12)7-10(8)11;2*1-2/h7-9,13H,4-6H2,1-3H3;3-8,13H,2H2,1H3;2*1-2H3. The van der Waals surface area contributed by atoms with Gasteiger partial charge in [-0.1, -0.05) is 60.1 Å². The average molecular weight is 431 g/mol. The maximum atomic E-state index is 13.0. The molecule has 0 bridgehead atoms. The summed E-state index contributed by atoms with van der Waals surface area (Å²) in [5.41, 5.74) is 4.63. The second-order valence-electron chi connectivity index (χ2n) is 6.63. The summed E-state index contributed by atoms with van der Waals surface area (Å²) in [6, 6.07) is 11.1. The summed E-state index contributed by atoms with van der Waals surface area (Å²) in [6.45, 7) is 12.3. The van der Waals surface area contributed by atoms with Crippen LogP contribution in [0.1, 0.15) is 77.8 Å². The van der Waals surface area contributed by atoms with Gasteiger partial charge in [-0.3, -0.25) is 0 Å². The predicted octanol–water partition coefficient (Wildman–Crippen LogP) is 8.39. The van der Waals surface area contributed by atoms with Crippen molar-refractivity contribution >= 4 is 11.4 Å². The molecule has 0 aromatic heterocycles. The molecule has 3 rings (SSSR count). The van der Waals surface area contributed by atoms with Crippen LogP contribution in [0.5, 0.6) is 5.75 Å². The summed E-state index contributed by atoms with van der Waals surface area (Å²) in [4.78, 5) is 0. The molecule has 1 aliphatic rings. The average Bonchev–Trinajstić information content (AvgIpc) is 2.85. The molecule has 1 atom stereocenters. The van der Waals surface area contributed by atoms with Gasteiger partial charge in [-0.2, -0.15) is 0 Å². The molecule has 2 N–H and O–H groups in total. The molecule has 1 aliphatic heterocycles. The Bertz CT molecular complexity index is 759. The van der Waals surface area contributed by atoms with Gasteiger partial charge in [0.1, 0.15) is 11.6 Å². The highest BCUT2D eigenvalue weighted by molar-refractivity contribution is 5.58. The molecule has 2 aromatic rings. The summed E-state index contributed by atoms with van der Waals surface area (Å²) in [6.07, 6.45) is 8.61. The van der Waals surface area contributed by atoms with Crippen LogP contribution in [-0.4, -0.2) is 14.2 Å². The molecule has 174 valence electrons. The maximum absolute atomic E-state index is 13.0. The van der Waals surface area contributed by atoms with E-state index in [-0.39, 0.29) is 5.82 Å². The van der Waals surface area contributed by atoms with Crippen LogP contribution in [0.4, 0.5) is 15.8 Å². The van der Waals surface area contributed by atoms with Gasteiger partial charge in [-0.25, -0.2) is 4.39 Å². The quantitative estimate of drug-likeness (QED) is 0.483. The highest BCUT2D eigenvalue weighted by Crippen LogP contribution is 2.32. The molecule has 0 saturated carbocycles. The fraction of sp³-hybridized carbons (Fsp3) is 0.481. The van der Waals surface area contributed by atoms with Gasteiger partial charge in [-0.05, 0) is 60.9 Å². The largest absolute Gasteiger partial charge is 0.497 e. The number of anilines is 2. The Balaban J connectivity index is 0.000000501. The molecule has 2 aromatic carbocycles. The Kier molecular flexibility index (Phi) is 15.8. The summed E-state index contributed by atoms with van der Waals surface area (Å²) in [5, 5.41) is 6.31.